The zero-order valence-electron chi connectivity index (χ0n) is 12.6. The van der Waals surface area contributed by atoms with Crippen LogP contribution in [0, 0.1) is 5.41 Å². The van der Waals surface area contributed by atoms with E-state index in [1.807, 2.05) is 0 Å². The van der Waals surface area contributed by atoms with Crippen LogP contribution in [0.4, 0.5) is 13.2 Å². The predicted molar refractivity (Wildman–Crippen MR) is 87.0 cm³/mol. The standard InChI is InChI=1S/C14H16ClF3N2O2S.ClH/c15-12-2-1-10(7-11(12)14(16,17)18)23(21,22)20-6-4-13(9-20)3-5-19-8-13;/h1-2,7,19H,3-6,8-9H2;1H. The Labute approximate surface area is 149 Å². The fraction of sp³-hybridized carbons (Fsp3) is 0.571. The van der Waals surface area contributed by atoms with Gasteiger partial charge in [0.05, 0.1) is 15.5 Å². The number of benzene rings is 1. The zero-order valence-corrected chi connectivity index (χ0v) is 15.0. The molecule has 0 aromatic heterocycles. The highest BCUT2D eigenvalue weighted by Gasteiger charge is 2.45. The first kappa shape index (κ1) is 19.8. The lowest BCUT2D eigenvalue weighted by atomic mass is 9.87. The van der Waals surface area contributed by atoms with Crippen molar-refractivity contribution in [2.24, 2.45) is 5.41 Å². The maximum atomic E-state index is 12.9. The summed E-state index contributed by atoms with van der Waals surface area (Å²) in [6.45, 7) is 2.25. The summed E-state index contributed by atoms with van der Waals surface area (Å²) in [5.41, 5.74) is -1.22. The molecule has 1 aromatic carbocycles. The Hall–Kier alpha value is -0.540. The predicted octanol–water partition coefficient (Wildman–Crippen LogP) is 3.15. The minimum Gasteiger partial charge on any atom is -0.316 e. The van der Waals surface area contributed by atoms with Crippen LogP contribution in [0.25, 0.3) is 0 Å². The van der Waals surface area contributed by atoms with Crippen LogP contribution >= 0.6 is 24.0 Å². The number of rotatable bonds is 2. The van der Waals surface area contributed by atoms with Gasteiger partial charge in [-0.1, -0.05) is 11.6 Å². The molecule has 0 saturated carbocycles. The highest BCUT2D eigenvalue weighted by atomic mass is 35.5. The van der Waals surface area contributed by atoms with Crippen molar-refractivity contribution in [1.82, 2.24) is 9.62 Å². The van der Waals surface area contributed by atoms with Crippen molar-refractivity contribution in [3.05, 3.63) is 28.8 Å². The lowest BCUT2D eigenvalue weighted by Gasteiger charge is -2.23. The number of sulfonamides is 1. The van der Waals surface area contributed by atoms with E-state index in [1.165, 1.54) is 4.31 Å². The highest BCUT2D eigenvalue weighted by molar-refractivity contribution is 7.89. The van der Waals surface area contributed by atoms with Crippen molar-refractivity contribution in [3.63, 3.8) is 0 Å². The Morgan fingerprint density at radius 2 is 1.96 bits per heavy atom. The highest BCUT2D eigenvalue weighted by Crippen LogP contribution is 2.40. The van der Waals surface area contributed by atoms with E-state index in [0.717, 1.165) is 38.1 Å². The molecule has 0 radical (unpaired) electrons. The second-order valence-corrected chi connectivity index (χ2v) is 8.50. The van der Waals surface area contributed by atoms with Crippen molar-refractivity contribution in [3.8, 4) is 0 Å². The molecule has 136 valence electrons. The zero-order chi connectivity index (χ0) is 16.9. The molecular formula is C14H17Cl2F3N2O2S. The van der Waals surface area contributed by atoms with Crippen LogP contribution in [0.15, 0.2) is 23.1 Å². The monoisotopic (exact) mass is 404 g/mol. The molecule has 1 spiro atoms. The normalized spacial score (nSPS) is 25.2. The van der Waals surface area contributed by atoms with Crippen LogP contribution in [0.2, 0.25) is 5.02 Å². The van der Waals surface area contributed by atoms with Gasteiger partial charge in [-0.05, 0) is 43.0 Å². The molecule has 2 heterocycles. The first-order valence-corrected chi connectivity index (χ1v) is 9.04. The van der Waals surface area contributed by atoms with Crippen molar-refractivity contribution >= 4 is 34.0 Å². The van der Waals surface area contributed by atoms with Gasteiger partial charge in [0, 0.05) is 19.6 Å². The summed E-state index contributed by atoms with van der Waals surface area (Å²) in [6, 6.07) is 2.74. The first-order chi connectivity index (χ1) is 10.6. The maximum absolute atomic E-state index is 12.9. The fourth-order valence-electron chi connectivity index (χ4n) is 3.27. The van der Waals surface area contributed by atoms with Crippen molar-refractivity contribution < 1.29 is 21.6 Å². The van der Waals surface area contributed by atoms with Crippen LogP contribution in [-0.2, 0) is 16.2 Å². The summed E-state index contributed by atoms with van der Waals surface area (Å²) in [4.78, 5) is -0.364. The second-order valence-electron chi connectivity index (χ2n) is 6.15. The molecule has 1 N–H and O–H groups in total. The van der Waals surface area contributed by atoms with Gasteiger partial charge in [-0.15, -0.1) is 12.4 Å². The Morgan fingerprint density at radius 3 is 2.54 bits per heavy atom. The summed E-state index contributed by atoms with van der Waals surface area (Å²) in [5, 5.41) is 2.71. The lowest BCUT2D eigenvalue weighted by Crippen LogP contribution is -2.33. The Balaban J connectivity index is 0.00000208. The summed E-state index contributed by atoms with van der Waals surface area (Å²) >= 11 is 5.55. The molecular weight excluding hydrogens is 388 g/mol. The summed E-state index contributed by atoms with van der Waals surface area (Å²) in [7, 11) is -3.95. The van der Waals surface area contributed by atoms with E-state index in [-0.39, 0.29) is 22.7 Å². The molecule has 1 aromatic rings. The van der Waals surface area contributed by atoms with Gasteiger partial charge in [-0.25, -0.2) is 8.42 Å². The van der Waals surface area contributed by atoms with Gasteiger partial charge in [0.2, 0.25) is 10.0 Å². The molecule has 1 atom stereocenters. The molecule has 0 bridgehead atoms. The maximum Gasteiger partial charge on any atom is 0.417 e. The van der Waals surface area contributed by atoms with E-state index < -0.39 is 26.8 Å². The second kappa shape index (κ2) is 6.64. The molecule has 2 aliphatic heterocycles. The molecule has 3 rings (SSSR count). The molecule has 2 saturated heterocycles. The van der Waals surface area contributed by atoms with E-state index in [1.54, 1.807) is 0 Å². The van der Waals surface area contributed by atoms with Crippen molar-refractivity contribution in [2.75, 3.05) is 26.2 Å². The van der Waals surface area contributed by atoms with Crippen molar-refractivity contribution in [1.29, 1.82) is 0 Å². The third kappa shape index (κ3) is 3.53. The first-order valence-electron chi connectivity index (χ1n) is 7.22. The quantitative estimate of drug-likeness (QED) is 0.823. The molecule has 4 nitrogen and oxygen atoms in total. The minimum atomic E-state index is -4.69. The lowest BCUT2D eigenvalue weighted by molar-refractivity contribution is -0.137. The average molecular weight is 405 g/mol. The molecule has 0 aliphatic carbocycles. The Bertz CT molecular complexity index is 719. The number of nitrogens with zero attached hydrogens (tertiary/aromatic N) is 1. The summed E-state index contributed by atoms with van der Waals surface area (Å²) < 4.78 is 65.4. The fourth-order valence-corrected chi connectivity index (χ4v) is 5.08. The topological polar surface area (TPSA) is 49.4 Å². The van der Waals surface area contributed by atoms with E-state index >= 15 is 0 Å². The largest absolute Gasteiger partial charge is 0.417 e. The molecule has 0 amide bonds. The van der Waals surface area contributed by atoms with Gasteiger partial charge in [0.1, 0.15) is 0 Å². The number of nitrogens with one attached hydrogen (secondary N) is 1. The van der Waals surface area contributed by atoms with E-state index in [2.05, 4.69) is 5.32 Å². The van der Waals surface area contributed by atoms with Crippen LogP contribution in [0.5, 0.6) is 0 Å². The van der Waals surface area contributed by atoms with Crippen LogP contribution in [0.3, 0.4) is 0 Å². The SMILES string of the molecule is Cl.O=S(=O)(c1ccc(Cl)c(C(F)(F)F)c1)N1CCC2(CCNC2)C1. The number of hydrogen-bond donors (Lipinski definition) is 1. The van der Waals surface area contributed by atoms with Gasteiger partial charge in [-0.2, -0.15) is 17.5 Å². The molecule has 2 aliphatic rings. The minimum absolute atomic E-state index is 0. The number of alkyl halides is 3. The Morgan fingerprint density at radius 1 is 1.25 bits per heavy atom. The van der Waals surface area contributed by atoms with Gasteiger partial charge in [0.25, 0.3) is 0 Å². The van der Waals surface area contributed by atoms with Gasteiger partial charge < -0.3 is 5.32 Å². The Kier molecular flexibility index (Phi) is 5.47. The van der Waals surface area contributed by atoms with Crippen LogP contribution in [-0.4, -0.2) is 38.9 Å². The molecule has 24 heavy (non-hydrogen) atoms. The van der Waals surface area contributed by atoms with Crippen LogP contribution < -0.4 is 5.32 Å². The van der Waals surface area contributed by atoms with Gasteiger partial charge in [0.15, 0.2) is 0 Å². The molecule has 10 heteroatoms. The molecule has 1 unspecified atom stereocenters. The smallest absolute Gasteiger partial charge is 0.316 e. The molecule has 2 fully saturated rings. The number of halogens is 5. The van der Waals surface area contributed by atoms with Crippen LogP contribution in [0.1, 0.15) is 18.4 Å². The number of hydrogen-bond acceptors (Lipinski definition) is 3. The van der Waals surface area contributed by atoms with Gasteiger partial charge in [-0.3, -0.25) is 0 Å². The summed E-state index contributed by atoms with van der Waals surface area (Å²) in [6.07, 6.45) is -3.09. The third-order valence-electron chi connectivity index (χ3n) is 4.62. The summed E-state index contributed by atoms with van der Waals surface area (Å²) in [5.74, 6) is 0. The average Bonchev–Trinajstić information content (AvgIpc) is 3.09. The third-order valence-corrected chi connectivity index (χ3v) is 6.79. The van der Waals surface area contributed by atoms with E-state index in [9.17, 15) is 21.6 Å². The van der Waals surface area contributed by atoms with Gasteiger partial charge >= 0.3 is 6.18 Å². The van der Waals surface area contributed by atoms with Crippen molar-refractivity contribution in [2.45, 2.75) is 23.9 Å². The van der Waals surface area contributed by atoms with E-state index in [0.29, 0.717) is 19.2 Å². The van der Waals surface area contributed by atoms with E-state index in [4.69, 9.17) is 11.6 Å².